The third kappa shape index (κ3) is 6.90. The molecule has 2 rings (SSSR count). The Bertz CT molecular complexity index is 815. The highest BCUT2D eigenvalue weighted by atomic mass is 16.5. The zero-order valence-corrected chi connectivity index (χ0v) is 18.8. The maximum Gasteiger partial charge on any atom is 0.242 e. The van der Waals surface area contributed by atoms with Crippen LogP contribution in [-0.2, 0) is 22.6 Å². The lowest BCUT2D eigenvalue weighted by molar-refractivity contribution is -0.140. The molecule has 2 aromatic carbocycles. The summed E-state index contributed by atoms with van der Waals surface area (Å²) in [5.74, 6) is 0.610. The first kappa shape index (κ1) is 23.5. The number of amides is 2. The molecule has 0 bridgehead atoms. The lowest BCUT2D eigenvalue weighted by Gasteiger charge is -2.30. The van der Waals surface area contributed by atoms with Crippen molar-refractivity contribution in [1.82, 2.24) is 10.2 Å². The molecule has 0 radical (unpaired) electrons. The van der Waals surface area contributed by atoms with Gasteiger partial charge in [-0.25, -0.2) is 0 Å². The Morgan fingerprint density at radius 1 is 1.00 bits per heavy atom. The Hall–Kier alpha value is -2.82. The number of carbonyl (C=O) groups is 2. The van der Waals surface area contributed by atoms with Crippen molar-refractivity contribution in [2.24, 2.45) is 0 Å². The molecule has 2 amide bonds. The smallest absolute Gasteiger partial charge is 0.242 e. The van der Waals surface area contributed by atoms with Gasteiger partial charge in [0.15, 0.2) is 0 Å². The molecule has 5 heteroatoms. The number of benzene rings is 2. The molecule has 162 valence electrons. The average Bonchev–Trinajstić information content (AvgIpc) is 2.76. The lowest BCUT2D eigenvalue weighted by Crippen LogP contribution is -2.49. The summed E-state index contributed by atoms with van der Waals surface area (Å²) in [6, 6.07) is 15.3. The second kappa shape index (κ2) is 11.4. The Morgan fingerprint density at radius 2 is 1.60 bits per heavy atom. The van der Waals surface area contributed by atoms with E-state index >= 15 is 0 Å². The quantitative estimate of drug-likeness (QED) is 0.636. The van der Waals surface area contributed by atoms with Crippen LogP contribution in [-0.4, -0.2) is 35.9 Å². The summed E-state index contributed by atoms with van der Waals surface area (Å²) in [6.07, 6.45) is 1.86. The Labute approximate surface area is 180 Å². The molecule has 0 aliphatic carbocycles. The van der Waals surface area contributed by atoms with Gasteiger partial charge in [0.2, 0.25) is 11.8 Å². The van der Waals surface area contributed by atoms with E-state index in [1.54, 1.807) is 18.9 Å². The van der Waals surface area contributed by atoms with Gasteiger partial charge in [-0.3, -0.25) is 9.59 Å². The number of methoxy groups -OCH3 is 1. The van der Waals surface area contributed by atoms with Crippen LogP contribution < -0.4 is 10.1 Å². The Morgan fingerprint density at radius 3 is 2.17 bits per heavy atom. The minimum atomic E-state index is -0.549. The number of hydrogen-bond donors (Lipinski definition) is 1. The molecular formula is C25H34N2O3. The van der Waals surface area contributed by atoms with Crippen molar-refractivity contribution in [3.8, 4) is 5.75 Å². The monoisotopic (exact) mass is 410 g/mol. The summed E-state index contributed by atoms with van der Waals surface area (Å²) < 4.78 is 5.21. The summed E-state index contributed by atoms with van der Waals surface area (Å²) in [5, 5.41) is 3.00. The van der Waals surface area contributed by atoms with Crippen LogP contribution in [0.15, 0.2) is 48.5 Å². The van der Waals surface area contributed by atoms with Crippen LogP contribution >= 0.6 is 0 Å². The predicted octanol–water partition coefficient (Wildman–Crippen LogP) is 4.27. The van der Waals surface area contributed by atoms with Crippen LogP contribution in [0.3, 0.4) is 0 Å². The van der Waals surface area contributed by atoms with Crippen molar-refractivity contribution < 1.29 is 14.3 Å². The fraction of sp³-hybridized carbons (Fsp3) is 0.440. The molecule has 0 aliphatic heterocycles. The molecule has 0 saturated heterocycles. The molecule has 0 aliphatic rings. The van der Waals surface area contributed by atoms with Crippen LogP contribution in [0.1, 0.15) is 50.3 Å². The van der Waals surface area contributed by atoms with E-state index in [4.69, 9.17) is 4.74 Å². The van der Waals surface area contributed by atoms with E-state index in [9.17, 15) is 9.59 Å². The van der Waals surface area contributed by atoms with Crippen molar-refractivity contribution >= 4 is 11.8 Å². The van der Waals surface area contributed by atoms with Crippen LogP contribution in [0, 0.1) is 6.92 Å². The predicted molar refractivity (Wildman–Crippen MR) is 120 cm³/mol. The Balaban J connectivity index is 2.14. The standard InChI is InChI=1S/C25H34N2O3/c1-6-19(3)26-25(29)20(4)27(17-22-11-14-23(30-5)15-12-22)24(28)16-13-21-9-7-18(2)8-10-21/h7-12,14-15,19-20H,6,13,16-17H2,1-5H3,(H,26,29)/t19-,20-/m1/s1. The summed E-state index contributed by atoms with van der Waals surface area (Å²) in [7, 11) is 1.62. The fourth-order valence-corrected chi connectivity index (χ4v) is 3.13. The molecule has 30 heavy (non-hydrogen) atoms. The first-order valence-corrected chi connectivity index (χ1v) is 10.6. The van der Waals surface area contributed by atoms with E-state index in [0.717, 1.165) is 23.3 Å². The van der Waals surface area contributed by atoms with E-state index in [-0.39, 0.29) is 17.9 Å². The topological polar surface area (TPSA) is 58.6 Å². The molecule has 1 N–H and O–H groups in total. The molecule has 2 atom stereocenters. The van der Waals surface area contributed by atoms with Gasteiger partial charge in [-0.15, -0.1) is 0 Å². The van der Waals surface area contributed by atoms with Crippen molar-refractivity contribution in [3.63, 3.8) is 0 Å². The first-order chi connectivity index (χ1) is 14.3. The average molecular weight is 411 g/mol. The highest BCUT2D eigenvalue weighted by Crippen LogP contribution is 2.16. The number of hydrogen-bond acceptors (Lipinski definition) is 3. The van der Waals surface area contributed by atoms with Crippen molar-refractivity contribution in [2.45, 2.75) is 65.6 Å². The summed E-state index contributed by atoms with van der Waals surface area (Å²) in [5.41, 5.74) is 3.28. The molecule has 0 unspecified atom stereocenters. The van der Waals surface area contributed by atoms with Gasteiger partial charge in [-0.05, 0) is 56.9 Å². The molecule has 0 aromatic heterocycles. The second-order valence-electron chi connectivity index (χ2n) is 7.85. The van der Waals surface area contributed by atoms with Crippen LogP contribution in [0.4, 0.5) is 0 Å². The van der Waals surface area contributed by atoms with Gasteiger partial charge in [0.25, 0.3) is 0 Å². The van der Waals surface area contributed by atoms with Gasteiger partial charge >= 0.3 is 0 Å². The summed E-state index contributed by atoms with van der Waals surface area (Å²) in [6.45, 7) is 8.22. The molecule has 5 nitrogen and oxygen atoms in total. The van der Waals surface area contributed by atoms with E-state index in [0.29, 0.717) is 19.4 Å². The van der Waals surface area contributed by atoms with E-state index in [1.165, 1.54) is 5.56 Å². The van der Waals surface area contributed by atoms with Crippen molar-refractivity contribution in [3.05, 3.63) is 65.2 Å². The molecule has 0 heterocycles. The number of nitrogens with zero attached hydrogens (tertiary/aromatic N) is 1. The maximum absolute atomic E-state index is 13.1. The number of carbonyl (C=O) groups excluding carboxylic acids is 2. The van der Waals surface area contributed by atoms with E-state index in [1.807, 2.05) is 45.0 Å². The molecule has 0 fully saturated rings. The molecular weight excluding hydrogens is 376 g/mol. The number of ether oxygens (including phenoxy) is 1. The fourth-order valence-electron chi connectivity index (χ4n) is 3.13. The number of rotatable bonds is 10. The van der Waals surface area contributed by atoms with Gasteiger partial charge in [0.05, 0.1) is 7.11 Å². The van der Waals surface area contributed by atoms with Gasteiger partial charge in [0, 0.05) is 19.0 Å². The lowest BCUT2D eigenvalue weighted by atomic mass is 10.1. The van der Waals surface area contributed by atoms with Crippen molar-refractivity contribution in [2.75, 3.05) is 7.11 Å². The van der Waals surface area contributed by atoms with Crippen LogP contribution in [0.5, 0.6) is 5.75 Å². The highest BCUT2D eigenvalue weighted by Gasteiger charge is 2.26. The van der Waals surface area contributed by atoms with Gasteiger partial charge in [-0.2, -0.15) is 0 Å². The van der Waals surface area contributed by atoms with E-state index < -0.39 is 6.04 Å². The maximum atomic E-state index is 13.1. The third-order valence-corrected chi connectivity index (χ3v) is 5.43. The zero-order chi connectivity index (χ0) is 22.1. The van der Waals surface area contributed by atoms with Crippen LogP contribution in [0.25, 0.3) is 0 Å². The Kier molecular flexibility index (Phi) is 8.90. The SMILES string of the molecule is CC[C@@H](C)NC(=O)[C@@H](C)N(Cc1ccc(OC)cc1)C(=O)CCc1ccc(C)cc1. The first-order valence-electron chi connectivity index (χ1n) is 10.6. The van der Waals surface area contributed by atoms with Crippen molar-refractivity contribution in [1.29, 1.82) is 0 Å². The van der Waals surface area contributed by atoms with Gasteiger partial charge < -0.3 is 15.0 Å². The largest absolute Gasteiger partial charge is 0.497 e. The summed E-state index contributed by atoms with van der Waals surface area (Å²) >= 11 is 0. The van der Waals surface area contributed by atoms with Gasteiger partial charge in [0.1, 0.15) is 11.8 Å². The minimum absolute atomic E-state index is 0.0294. The summed E-state index contributed by atoms with van der Waals surface area (Å²) in [4.78, 5) is 27.5. The third-order valence-electron chi connectivity index (χ3n) is 5.43. The molecule has 0 saturated carbocycles. The molecule has 0 spiro atoms. The zero-order valence-electron chi connectivity index (χ0n) is 18.8. The highest BCUT2D eigenvalue weighted by molar-refractivity contribution is 5.87. The normalized spacial score (nSPS) is 12.7. The molecule has 2 aromatic rings. The second-order valence-corrected chi connectivity index (χ2v) is 7.85. The minimum Gasteiger partial charge on any atom is -0.497 e. The number of aryl methyl sites for hydroxylation is 2. The van der Waals surface area contributed by atoms with E-state index in [2.05, 4.69) is 29.6 Å². The number of nitrogens with one attached hydrogen (secondary N) is 1. The van der Waals surface area contributed by atoms with Crippen LogP contribution in [0.2, 0.25) is 0 Å². The van der Waals surface area contributed by atoms with Gasteiger partial charge in [-0.1, -0.05) is 48.9 Å².